The number of anilines is 1. The second kappa shape index (κ2) is 8.90. The van der Waals surface area contributed by atoms with Crippen LogP contribution in [0.5, 0.6) is 0 Å². The number of nitrogens with zero attached hydrogens (tertiary/aromatic N) is 2. The van der Waals surface area contributed by atoms with Gasteiger partial charge in [-0.3, -0.25) is 4.99 Å². The van der Waals surface area contributed by atoms with Crippen molar-refractivity contribution < 1.29 is 4.74 Å². The first-order chi connectivity index (χ1) is 12.3. The van der Waals surface area contributed by atoms with Gasteiger partial charge >= 0.3 is 0 Å². The van der Waals surface area contributed by atoms with Crippen molar-refractivity contribution >= 4 is 11.6 Å². The first-order valence-corrected chi connectivity index (χ1v) is 9.31. The fourth-order valence-corrected chi connectivity index (χ4v) is 3.64. The first-order valence-electron chi connectivity index (χ1n) is 9.31. The third-order valence-electron chi connectivity index (χ3n) is 5.02. The van der Waals surface area contributed by atoms with Gasteiger partial charge in [-0.1, -0.05) is 29.8 Å². The Kier molecular flexibility index (Phi) is 6.34. The molecule has 2 heterocycles. The van der Waals surface area contributed by atoms with E-state index in [1.807, 2.05) is 7.05 Å². The number of nitrogens with one attached hydrogen (secondary N) is 2. The Bertz CT molecular complexity index is 599. The van der Waals surface area contributed by atoms with E-state index in [4.69, 9.17) is 4.74 Å². The highest BCUT2D eigenvalue weighted by molar-refractivity contribution is 5.80. The molecule has 0 amide bonds. The Morgan fingerprint density at radius 3 is 2.88 bits per heavy atom. The average molecular weight is 342 g/mol. The molecular weight excluding hydrogens is 312 g/mol. The molecule has 1 fully saturated rings. The summed E-state index contributed by atoms with van der Waals surface area (Å²) in [7, 11) is 1.84. The van der Waals surface area contributed by atoms with Gasteiger partial charge in [-0.25, -0.2) is 0 Å². The molecular formula is C20H30N4O. The largest absolute Gasteiger partial charge is 0.377 e. The molecule has 0 saturated carbocycles. The Balaban J connectivity index is 1.46. The van der Waals surface area contributed by atoms with Crippen LogP contribution < -0.4 is 15.5 Å². The average Bonchev–Trinajstić information content (AvgIpc) is 3.02. The molecule has 0 spiro atoms. The van der Waals surface area contributed by atoms with Gasteiger partial charge < -0.3 is 20.3 Å². The summed E-state index contributed by atoms with van der Waals surface area (Å²) in [4.78, 5) is 6.86. The van der Waals surface area contributed by atoms with Gasteiger partial charge in [0.25, 0.3) is 0 Å². The molecule has 1 aromatic rings. The van der Waals surface area contributed by atoms with Crippen LogP contribution in [0, 0.1) is 0 Å². The summed E-state index contributed by atoms with van der Waals surface area (Å²) in [6, 6.07) is 11.6. The third kappa shape index (κ3) is 4.98. The topological polar surface area (TPSA) is 48.9 Å². The van der Waals surface area contributed by atoms with Crippen molar-refractivity contribution in [3.05, 3.63) is 42.0 Å². The van der Waals surface area contributed by atoms with Crippen LogP contribution in [-0.2, 0) is 4.74 Å². The number of hydrogen-bond donors (Lipinski definition) is 2. The number of hydrogen-bond acceptors (Lipinski definition) is 3. The summed E-state index contributed by atoms with van der Waals surface area (Å²) in [5.74, 6) is 0.903. The van der Waals surface area contributed by atoms with Crippen LogP contribution in [0.4, 0.5) is 5.69 Å². The minimum Gasteiger partial charge on any atom is -0.377 e. The Labute approximate surface area is 151 Å². The van der Waals surface area contributed by atoms with Crippen molar-refractivity contribution in [2.45, 2.75) is 38.3 Å². The number of para-hydroxylation sites is 1. The lowest BCUT2D eigenvalue weighted by Gasteiger charge is -2.23. The highest BCUT2D eigenvalue weighted by Crippen LogP contribution is 2.25. The van der Waals surface area contributed by atoms with Crippen molar-refractivity contribution in [1.29, 1.82) is 0 Å². The van der Waals surface area contributed by atoms with Crippen molar-refractivity contribution in [1.82, 2.24) is 10.6 Å². The van der Waals surface area contributed by atoms with E-state index in [2.05, 4.69) is 63.9 Å². The Morgan fingerprint density at radius 2 is 2.16 bits per heavy atom. The Morgan fingerprint density at radius 1 is 1.32 bits per heavy atom. The number of guanidine groups is 1. The molecule has 136 valence electrons. The summed E-state index contributed by atoms with van der Waals surface area (Å²) < 4.78 is 5.36. The summed E-state index contributed by atoms with van der Waals surface area (Å²) in [5.41, 5.74) is 2.78. The van der Waals surface area contributed by atoms with Crippen molar-refractivity contribution in [3.8, 4) is 0 Å². The van der Waals surface area contributed by atoms with Gasteiger partial charge in [0.1, 0.15) is 0 Å². The van der Waals surface area contributed by atoms with E-state index in [9.17, 15) is 0 Å². The summed E-state index contributed by atoms with van der Waals surface area (Å²) >= 11 is 0. The molecule has 5 heteroatoms. The van der Waals surface area contributed by atoms with Crippen molar-refractivity contribution in [3.63, 3.8) is 0 Å². The smallest absolute Gasteiger partial charge is 0.191 e. The predicted octanol–water partition coefficient (Wildman–Crippen LogP) is 2.56. The van der Waals surface area contributed by atoms with Crippen LogP contribution in [0.15, 0.2) is 47.0 Å². The SMILES string of the molecule is CN=C(NCCC1=CCOCC1)N[C@@H]1C[C@H](C)N(c2ccccc2)C1. The van der Waals surface area contributed by atoms with Gasteiger partial charge in [0.05, 0.1) is 13.2 Å². The van der Waals surface area contributed by atoms with Crippen LogP contribution in [0.2, 0.25) is 0 Å². The molecule has 3 rings (SSSR count). The number of benzene rings is 1. The number of rotatable bonds is 5. The maximum atomic E-state index is 5.36. The van der Waals surface area contributed by atoms with Crippen LogP contribution in [0.1, 0.15) is 26.2 Å². The highest BCUT2D eigenvalue weighted by atomic mass is 16.5. The van der Waals surface area contributed by atoms with E-state index in [1.165, 1.54) is 11.3 Å². The highest BCUT2D eigenvalue weighted by Gasteiger charge is 2.29. The quantitative estimate of drug-likeness (QED) is 0.490. The van der Waals surface area contributed by atoms with Gasteiger partial charge in [-0.05, 0) is 38.3 Å². The molecule has 1 aromatic carbocycles. The lowest BCUT2D eigenvalue weighted by Crippen LogP contribution is -2.45. The number of ether oxygens (including phenoxy) is 1. The Hall–Kier alpha value is -2.01. The van der Waals surface area contributed by atoms with E-state index in [0.29, 0.717) is 12.1 Å². The standard InChI is InChI=1S/C20H30N4O/c1-16-14-18(15-24(16)19-6-4-3-5-7-19)23-20(21-2)22-11-8-17-9-12-25-13-10-17/h3-7,9,16,18H,8,10-15H2,1-2H3,(H2,21,22,23)/t16-,18+/m0/s1. The maximum Gasteiger partial charge on any atom is 0.191 e. The zero-order valence-electron chi connectivity index (χ0n) is 15.4. The molecule has 2 aliphatic heterocycles. The first kappa shape index (κ1) is 17.8. The molecule has 2 N–H and O–H groups in total. The van der Waals surface area contributed by atoms with E-state index >= 15 is 0 Å². The lowest BCUT2D eigenvalue weighted by atomic mass is 10.1. The molecule has 0 bridgehead atoms. The zero-order valence-corrected chi connectivity index (χ0v) is 15.4. The van der Waals surface area contributed by atoms with Gasteiger partial charge in [-0.15, -0.1) is 0 Å². The minimum atomic E-state index is 0.420. The van der Waals surface area contributed by atoms with Crippen LogP contribution in [0.3, 0.4) is 0 Å². The van der Waals surface area contributed by atoms with Crippen LogP contribution in [-0.4, -0.2) is 51.4 Å². The maximum absolute atomic E-state index is 5.36. The molecule has 25 heavy (non-hydrogen) atoms. The van der Waals surface area contributed by atoms with Gasteiger partial charge in [0.15, 0.2) is 5.96 Å². The molecule has 1 saturated heterocycles. The number of aliphatic imine (C=N–C) groups is 1. The summed E-state index contributed by atoms with van der Waals surface area (Å²) in [6.07, 6.45) is 5.44. The van der Waals surface area contributed by atoms with Crippen molar-refractivity contribution in [2.75, 3.05) is 38.3 Å². The minimum absolute atomic E-state index is 0.420. The van der Waals surface area contributed by atoms with Crippen molar-refractivity contribution in [2.24, 2.45) is 4.99 Å². The molecule has 0 aromatic heterocycles. The van der Waals surface area contributed by atoms with Crippen LogP contribution >= 0.6 is 0 Å². The lowest BCUT2D eigenvalue weighted by molar-refractivity contribution is 0.153. The van der Waals surface area contributed by atoms with E-state index in [0.717, 1.165) is 51.5 Å². The van der Waals surface area contributed by atoms with E-state index in [-0.39, 0.29) is 0 Å². The molecule has 5 nitrogen and oxygen atoms in total. The second-order valence-corrected chi connectivity index (χ2v) is 6.85. The van der Waals surface area contributed by atoms with Gasteiger partial charge in [-0.2, -0.15) is 0 Å². The fraction of sp³-hybridized carbons (Fsp3) is 0.550. The molecule has 0 unspecified atom stereocenters. The van der Waals surface area contributed by atoms with Gasteiger partial charge in [0, 0.05) is 37.9 Å². The van der Waals surface area contributed by atoms with E-state index in [1.54, 1.807) is 0 Å². The summed E-state index contributed by atoms with van der Waals surface area (Å²) in [6.45, 7) is 5.83. The molecule has 2 aliphatic rings. The predicted molar refractivity (Wildman–Crippen MR) is 104 cm³/mol. The molecule has 0 radical (unpaired) electrons. The second-order valence-electron chi connectivity index (χ2n) is 6.85. The molecule has 2 atom stereocenters. The monoisotopic (exact) mass is 342 g/mol. The van der Waals surface area contributed by atoms with Gasteiger partial charge in [0.2, 0.25) is 0 Å². The molecule has 0 aliphatic carbocycles. The normalized spacial score (nSPS) is 24.2. The zero-order chi connectivity index (χ0) is 17.5. The summed E-state index contributed by atoms with van der Waals surface area (Å²) in [5, 5.41) is 7.04. The van der Waals surface area contributed by atoms with E-state index < -0.39 is 0 Å². The fourth-order valence-electron chi connectivity index (χ4n) is 3.64. The third-order valence-corrected chi connectivity index (χ3v) is 5.02. The van der Waals surface area contributed by atoms with Crippen LogP contribution in [0.25, 0.3) is 0 Å².